The number of hydrogen-bond acceptors (Lipinski definition) is 4. The maximum Gasteiger partial charge on any atom is 0.240 e. The van der Waals surface area contributed by atoms with E-state index in [1.807, 2.05) is 4.90 Å². The molecule has 0 bridgehead atoms. The van der Waals surface area contributed by atoms with Gasteiger partial charge in [0.25, 0.3) is 0 Å². The van der Waals surface area contributed by atoms with Gasteiger partial charge in [-0.15, -0.1) is 12.4 Å². The predicted molar refractivity (Wildman–Crippen MR) is 104 cm³/mol. The Hall–Kier alpha value is -1.22. The van der Waals surface area contributed by atoms with Gasteiger partial charge in [0, 0.05) is 25.6 Å². The standard InChI is InChI=1S/C18H26FN3O3S.ClH/c19-15-2-4-17(5-3-15)26(24,25)21-16-8-11-22(12-9-16)18(23)6-1-14-7-10-20-13-14;/h2-5,14,16,20-21H,1,6-13H2;1H. The molecular formula is C18H27ClFN3O3S. The van der Waals surface area contributed by atoms with Crippen LogP contribution >= 0.6 is 12.4 Å². The zero-order valence-corrected chi connectivity index (χ0v) is 16.8. The number of amides is 1. The summed E-state index contributed by atoms with van der Waals surface area (Å²) in [4.78, 5) is 14.2. The summed E-state index contributed by atoms with van der Waals surface area (Å²) in [6, 6.07) is 4.58. The van der Waals surface area contributed by atoms with Crippen LogP contribution in [-0.4, -0.2) is 51.4 Å². The second kappa shape index (κ2) is 9.82. The molecule has 1 unspecified atom stereocenters. The van der Waals surface area contributed by atoms with Gasteiger partial charge < -0.3 is 10.2 Å². The van der Waals surface area contributed by atoms with Crippen LogP contribution in [0.2, 0.25) is 0 Å². The van der Waals surface area contributed by atoms with Crippen molar-refractivity contribution in [2.45, 2.75) is 43.0 Å². The maximum absolute atomic E-state index is 13.0. The van der Waals surface area contributed by atoms with Gasteiger partial charge in [-0.2, -0.15) is 0 Å². The van der Waals surface area contributed by atoms with Crippen molar-refractivity contribution >= 4 is 28.3 Å². The van der Waals surface area contributed by atoms with Crippen LogP contribution in [0.4, 0.5) is 4.39 Å². The molecule has 2 fully saturated rings. The van der Waals surface area contributed by atoms with Gasteiger partial charge in [0.1, 0.15) is 5.82 Å². The molecule has 2 heterocycles. The molecule has 1 aromatic carbocycles. The van der Waals surface area contributed by atoms with Crippen molar-refractivity contribution in [3.63, 3.8) is 0 Å². The topological polar surface area (TPSA) is 78.5 Å². The summed E-state index contributed by atoms with van der Waals surface area (Å²) in [5.41, 5.74) is 0. The fourth-order valence-electron chi connectivity index (χ4n) is 3.59. The second-order valence-corrected chi connectivity index (χ2v) is 8.84. The molecule has 6 nitrogen and oxygen atoms in total. The summed E-state index contributed by atoms with van der Waals surface area (Å²) in [7, 11) is -3.66. The molecule has 27 heavy (non-hydrogen) atoms. The lowest BCUT2D eigenvalue weighted by Crippen LogP contribution is -2.46. The van der Waals surface area contributed by atoms with E-state index in [0.717, 1.165) is 38.1 Å². The van der Waals surface area contributed by atoms with E-state index in [2.05, 4.69) is 10.0 Å². The van der Waals surface area contributed by atoms with Crippen molar-refractivity contribution in [2.24, 2.45) is 5.92 Å². The van der Waals surface area contributed by atoms with Crippen LogP contribution in [0.5, 0.6) is 0 Å². The molecule has 0 aromatic heterocycles. The summed E-state index contributed by atoms with van der Waals surface area (Å²) in [5, 5.41) is 3.31. The van der Waals surface area contributed by atoms with Crippen molar-refractivity contribution in [1.82, 2.24) is 14.9 Å². The van der Waals surface area contributed by atoms with E-state index in [9.17, 15) is 17.6 Å². The van der Waals surface area contributed by atoms with Gasteiger partial charge in [0.05, 0.1) is 4.90 Å². The van der Waals surface area contributed by atoms with Crippen LogP contribution < -0.4 is 10.0 Å². The highest BCUT2D eigenvalue weighted by atomic mass is 35.5. The number of sulfonamides is 1. The molecular weight excluding hydrogens is 393 g/mol. The van der Waals surface area contributed by atoms with Gasteiger partial charge in [-0.1, -0.05) is 0 Å². The number of hydrogen-bond donors (Lipinski definition) is 2. The molecule has 3 rings (SSSR count). The fourth-order valence-corrected chi connectivity index (χ4v) is 4.90. The lowest BCUT2D eigenvalue weighted by molar-refractivity contribution is -0.132. The van der Waals surface area contributed by atoms with Crippen LogP contribution in [0.25, 0.3) is 0 Å². The highest BCUT2D eigenvalue weighted by molar-refractivity contribution is 7.89. The molecule has 0 spiro atoms. The Morgan fingerprint density at radius 1 is 1.19 bits per heavy atom. The number of nitrogens with one attached hydrogen (secondary N) is 2. The van der Waals surface area contributed by atoms with Crippen LogP contribution in [0, 0.1) is 11.7 Å². The minimum absolute atomic E-state index is 0. The molecule has 0 aliphatic carbocycles. The van der Waals surface area contributed by atoms with Gasteiger partial charge in [0.2, 0.25) is 15.9 Å². The molecule has 152 valence electrons. The first kappa shape index (κ1) is 22.1. The monoisotopic (exact) mass is 419 g/mol. The molecule has 0 saturated carbocycles. The largest absolute Gasteiger partial charge is 0.343 e. The van der Waals surface area contributed by atoms with Crippen molar-refractivity contribution < 1.29 is 17.6 Å². The van der Waals surface area contributed by atoms with E-state index in [0.29, 0.717) is 38.3 Å². The minimum atomic E-state index is -3.66. The molecule has 2 aliphatic heterocycles. The first-order valence-corrected chi connectivity index (χ1v) is 10.7. The summed E-state index contributed by atoms with van der Waals surface area (Å²) in [6.07, 6.45) is 3.82. The van der Waals surface area contributed by atoms with Crippen LogP contribution in [-0.2, 0) is 14.8 Å². The van der Waals surface area contributed by atoms with E-state index in [-0.39, 0.29) is 29.3 Å². The Kier molecular flexibility index (Phi) is 8.03. The molecule has 1 amide bonds. The van der Waals surface area contributed by atoms with E-state index < -0.39 is 15.8 Å². The normalized spacial score (nSPS) is 21.1. The SMILES string of the molecule is Cl.O=C(CCC1CCNC1)N1CCC(NS(=O)(=O)c2ccc(F)cc2)CC1. The molecule has 0 radical (unpaired) electrons. The summed E-state index contributed by atoms with van der Waals surface area (Å²) >= 11 is 0. The Bertz CT molecular complexity index is 716. The van der Waals surface area contributed by atoms with Crippen LogP contribution in [0.3, 0.4) is 0 Å². The van der Waals surface area contributed by atoms with Gasteiger partial charge in [-0.25, -0.2) is 17.5 Å². The van der Waals surface area contributed by atoms with Crippen molar-refractivity contribution in [3.05, 3.63) is 30.1 Å². The van der Waals surface area contributed by atoms with Gasteiger partial charge in [-0.3, -0.25) is 4.79 Å². The van der Waals surface area contributed by atoms with Crippen LogP contribution in [0.15, 0.2) is 29.2 Å². The average Bonchev–Trinajstić information content (AvgIpc) is 3.14. The van der Waals surface area contributed by atoms with E-state index >= 15 is 0 Å². The number of piperidine rings is 1. The molecule has 1 aromatic rings. The fraction of sp³-hybridized carbons (Fsp3) is 0.611. The Morgan fingerprint density at radius 3 is 2.44 bits per heavy atom. The quantitative estimate of drug-likeness (QED) is 0.738. The van der Waals surface area contributed by atoms with E-state index in [4.69, 9.17) is 0 Å². The Morgan fingerprint density at radius 2 is 1.85 bits per heavy atom. The number of benzene rings is 1. The second-order valence-electron chi connectivity index (χ2n) is 7.13. The van der Waals surface area contributed by atoms with Crippen molar-refractivity contribution in [1.29, 1.82) is 0 Å². The lowest BCUT2D eigenvalue weighted by atomic mass is 10.0. The van der Waals surface area contributed by atoms with Crippen molar-refractivity contribution in [2.75, 3.05) is 26.2 Å². The molecule has 2 aliphatic rings. The smallest absolute Gasteiger partial charge is 0.240 e. The number of carbonyl (C=O) groups is 1. The number of halogens is 2. The third-order valence-electron chi connectivity index (χ3n) is 5.22. The zero-order valence-electron chi connectivity index (χ0n) is 15.2. The average molecular weight is 420 g/mol. The third kappa shape index (κ3) is 6.14. The highest BCUT2D eigenvalue weighted by Crippen LogP contribution is 2.19. The molecule has 2 N–H and O–H groups in total. The van der Waals surface area contributed by atoms with Gasteiger partial charge in [-0.05, 0) is 69.0 Å². The molecule has 9 heteroatoms. The predicted octanol–water partition coefficient (Wildman–Crippen LogP) is 1.91. The zero-order chi connectivity index (χ0) is 18.6. The number of carbonyl (C=O) groups excluding carboxylic acids is 1. The Labute approximate surface area is 166 Å². The lowest BCUT2D eigenvalue weighted by Gasteiger charge is -2.32. The highest BCUT2D eigenvalue weighted by Gasteiger charge is 2.27. The number of nitrogens with zero attached hydrogens (tertiary/aromatic N) is 1. The van der Waals surface area contributed by atoms with Gasteiger partial charge in [0.15, 0.2) is 0 Å². The minimum Gasteiger partial charge on any atom is -0.343 e. The van der Waals surface area contributed by atoms with Crippen LogP contribution in [0.1, 0.15) is 32.1 Å². The van der Waals surface area contributed by atoms with E-state index in [1.54, 1.807) is 0 Å². The molecule has 2 saturated heterocycles. The molecule has 1 atom stereocenters. The maximum atomic E-state index is 13.0. The van der Waals surface area contributed by atoms with Crippen molar-refractivity contribution in [3.8, 4) is 0 Å². The summed E-state index contributed by atoms with van der Waals surface area (Å²) in [6.45, 7) is 3.18. The Balaban J connectivity index is 0.00000261. The third-order valence-corrected chi connectivity index (χ3v) is 6.76. The number of rotatable bonds is 6. The van der Waals surface area contributed by atoms with E-state index in [1.165, 1.54) is 12.1 Å². The summed E-state index contributed by atoms with van der Waals surface area (Å²) in [5.74, 6) is 0.292. The summed E-state index contributed by atoms with van der Waals surface area (Å²) < 4.78 is 40.3. The van der Waals surface area contributed by atoms with Gasteiger partial charge >= 0.3 is 0 Å². The first-order valence-electron chi connectivity index (χ1n) is 9.20. The number of likely N-dealkylation sites (tertiary alicyclic amines) is 1. The first-order chi connectivity index (χ1) is 12.4.